The first-order valence-corrected chi connectivity index (χ1v) is 5.92. The normalized spacial score (nSPS) is 10.1. The summed E-state index contributed by atoms with van der Waals surface area (Å²) in [5.41, 5.74) is 1.05. The minimum Gasteiger partial charge on any atom is -0.506 e. The SMILES string of the molecule is Cc1ccc(NC(=O)c2ccccc2C(=O)O)c(O)c1. The number of aromatic carboxylic acids is 1. The maximum Gasteiger partial charge on any atom is 0.336 e. The Kier molecular flexibility index (Phi) is 3.70. The minimum atomic E-state index is -1.18. The molecule has 0 bridgehead atoms. The lowest BCUT2D eigenvalue weighted by Gasteiger charge is -2.09. The maximum absolute atomic E-state index is 12.1. The van der Waals surface area contributed by atoms with E-state index in [0.29, 0.717) is 0 Å². The van der Waals surface area contributed by atoms with Crippen LogP contribution in [-0.4, -0.2) is 22.1 Å². The third-order valence-electron chi connectivity index (χ3n) is 2.80. The Balaban J connectivity index is 2.31. The number of benzene rings is 2. The molecule has 2 aromatic rings. The monoisotopic (exact) mass is 271 g/mol. The van der Waals surface area contributed by atoms with Crippen molar-refractivity contribution in [3.05, 3.63) is 59.2 Å². The molecule has 3 N–H and O–H groups in total. The highest BCUT2D eigenvalue weighted by Gasteiger charge is 2.16. The van der Waals surface area contributed by atoms with Crippen LogP contribution < -0.4 is 5.32 Å². The van der Waals surface area contributed by atoms with Gasteiger partial charge in [0.2, 0.25) is 0 Å². The van der Waals surface area contributed by atoms with E-state index in [0.717, 1.165) is 5.56 Å². The summed E-state index contributed by atoms with van der Waals surface area (Å²) in [5.74, 6) is -1.82. The number of aromatic hydroxyl groups is 1. The van der Waals surface area contributed by atoms with Gasteiger partial charge in [0.1, 0.15) is 5.75 Å². The number of amides is 1. The van der Waals surface area contributed by atoms with Crippen molar-refractivity contribution in [3.8, 4) is 5.75 Å². The average Bonchev–Trinajstić information content (AvgIpc) is 2.41. The van der Waals surface area contributed by atoms with Crippen LogP contribution in [0.25, 0.3) is 0 Å². The van der Waals surface area contributed by atoms with E-state index in [4.69, 9.17) is 5.11 Å². The molecule has 5 heteroatoms. The Labute approximate surface area is 115 Å². The highest BCUT2D eigenvalue weighted by atomic mass is 16.4. The van der Waals surface area contributed by atoms with Gasteiger partial charge in [-0.25, -0.2) is 4.79 Å². The molecule has 0 aliphatic carbocycles. The Bertz CT molecular complexity index is 679. The zero-order chi connectivity index (χ0) is 14.7. The summed E-state index contributed by atoms with van der Waals surface area (Å²) in [6.07, 6.45) is 0. The van der Waals surface area contributed by atoms with Gasteiger partial charge in [0.15, 0.2) is 0 Å². The van der Waals surface area contributed by atoms with Crippen LogP contribution in [0.4, 0.5) is 5.69 Å². The van der Waals surface area contributed by atoms with Crippen molar-refractivity contribution in [1.29, 1.82) is 0 Å². The van der Waals surface area contributed by atoms with Crippen molar-refractivity contribution in [2.24, 2.45) is 0 Å². The fourth-order valence-corrected chi connectivity index (χ4v) is 1.80. The van der Waals surface area contributed by atoms with Crippen molar-refractivity contribution >= 4 is 17.6 Å². The highest BCUT2D eigenvalue weighted by molar-refractivity contribution is 6.11. The maximum atomic E-state index is 12.1. The summed E-state index contributed by atoms with van der Waals surface area (Å²) < 4.78 is 0. The van der Waals surface area contributed by atoms with Crippen LogP contribution in [0.15, 0.2) is 42.5 Å². The third-order valence-corrected chi connectivity index (χ3v) is 2.80. The van der Waals surface area contributed by atoms with Crippen LogP contribution in [0.2, 0.25) is 0 Å². The van der Waals surface area contributed by atoms with Gasteiger partial charge in [-0.2, -0.15) is 0 Å². The number of aryl methyl sites for hydroxylation is 1. The van der Waals surface area contributed by atoms with Gasteiger partial charge in [-0.1, -0.05) is 18.2 Å². The summed E-state index contributed by atoms with van der Waals surface area (Å²) in [6.45, 7) is 1.81. The van der Waals surface area contributed by atoms with Crippen molar-refractivity contribution in [2.75, 3.05) is 5.32 Å². The van der Waals surface area contributed by atoms with Crippen LogP contribution in [0.5, 0.6) is 5.75 Å². The van der Waals surface area contributed by atoms with Crippen LogP contribution in [0.1, 0.15) is 26.3 Å². The van der Waals surface area contributed by atoms with E-state index in [1.54, 1.807) is 24.3 Å². The molecule has 0 heterocycles. The first kappa shape index (κ1) is 13.6. The molecule has 0 aliphatic heterocycles. The zero-order valence-corrected chi connectivity index (χ0v) is 10.8. The van der Waals surface area contributed by atoms with Crippen molar-refractivity contribution in [2.45, 2.75) is 6.92 Å². The van der Waals surface area contributed by atoms with E-state index in [1.807, 2.05) is 6.92 Å². The van der Waals surface area contributed by atoms with E-state index >= 15 is 0 Å². The summed E-state index contributed by atoms with van der Waals surface area (Å²) >= 11 is 0. The molecule has 1 amide bonds. The number of rotatable bonds is 3. The quantitative estimate of drug-likeness (QED) is 0.749. The molecule has 0 spiro atoms. The number of carboxylic acids is 1. The predicted molar refractivity (Wildman–Crippen MR) is 74.2 cm³/mol. The zero-order valence-electron chi connectivity index (χ0n) is 10.8. The molecule has 102 valence electrons. The first-order chi connectivity index (χ1) is 9.49. The number of hydrogen-bond donors (Lipinski definition) is 3. The average molecular weight is 271 g/mol. The van der Waals surface area contributed by atoms with E-state index in [1.165, 1.54) is 18.2 Å². The van der Waals surface area contributed by atoms with Crippen LogP contribution in [0, 0.1) is 6.92 Å². The molecule has 0 radical (unpaired) electrons. The molecular weight excluding hydrogens is 258 g/mol. The lowest BCUT2D eigenvalue weighted by Crippen LogP contribution is -2.16. The smallest absolute Gasteiger partial charge is 0.336 e. The number of hydrogen-bond acceptors (Lipinski definition) is 3. The van der Waals surface area contributed by atoms with Crippen LogP contribution in [0.3, 0.4) is 0 Å². The topological polar surface area (TPSA) is 86.6 Å². The number of carboxylic acid groups (broad SMARTS) is 1. The van der Waals surface area contributed by atoms with Gasteiger partial charge >= 0.3 is 5.97 Å². The van der Waals surface area contributed by atoms with Gasteiger partial charge in [-0.05, 0) is 36.8 Å². The molecule has 0 aromatic heterocycles. The Morgan fingerprint density at radius 2 is 1.70 bits per heavy atom. The number of carbonyl (C=O) groups excluding carboxylic acids is 1. The number of anilines is 1. The molecule has 0 fully saturated rings. The summed E-state index contributed by atoms with van der Waals surface area (Å²) in [6, 6.07) is 10.7. The van der Waals surface area contributed by atoms with Gasteiger partial charge in [0.25, 0.3) is 5.91 Å². The van der Waals surface area contributed by atoms with E-state index in [9.17, 15) is 14.7 Å². The highest BCUT2D eigenvalue weighted by Crippen LogP contribution is 2.24. The Morgan fingerprint density at radius 1 is 1.05 bits per heavy atom. The van der Waals surface area contributed by atoms with Crippen LogP contribution >= 0.6 is 0 Å². The Morgan fingerprint density at radius 3 is 2.30 bits per heavy atom. The van der Waals surface area contributed by atoms with Gasteiger partial charge in [-0.3, -0.25) is 4.79 Å². The molecule has 5 nitrogen and oxygen atoms in total. The van der Waals surface area contributed by atoms with Gasteiger partial charge < -0.3 is 15.5 Å². The second-order valence-corrected chi connectivity index (χ2v) is 4.33. The lowest BCUT2D eigenvalue weighted by molar-refractivity contribution is 0.0692. The van der Waals surface area contributed by atoms with E-state index in [-0.39, 0.29) is 22.6 Å². The number of phenols is 1. The molecule has 20 heavy (non-hydrogen) atoms. The van der Waals surface area contributed by atoms with Gasteiger partial charge in [0.05, 0.1) is 16.8 Å². The third kappa shape index (κ3) is 2.77. The van der Waals surface area contributed by atoms with Crippen molar-refractivity contribution in [1.82, 2.24) is 0 Å². The van der Waals surface area contributed by atoms with Crippen molar-refractivity contribution in [3.63, 3.8) is 0 Å². The van der Waals surface area contributed by atoms with E-state index in [2.05, 4.69) is 5.32 Å². The molecule has 0 unspecified atom stereocenters. The second kappa shape index (κ2) is 5.44. The van der Waals surface area contributed by atoms with Gasteiger partial charge in [0, 0.05) is 0 Å². The summed E-state index contributed by atoms with van der Waals surface area (Å²) in [5, 5.41) is 21.3. The molecule has 0 aliphatic rings. The largest absolute Gasteiger partial charge is 0.506 e. The first-order valence-electron chi connectivity index (χ1n) is 5.92. The number of nitrogens with one attached hydrogen (secondary N) is 1. The molecule has 2 aromatic carbocycles. The molecule has 0 atom stereocenters. The summed E-state index contributed by atoms with van der Waals surface area (Å²) in [7, 11) is 0. The van der Waals surface area contributed by atoms with E-state index < -0.39 is 11.9 Å². The minimum absolute atomic E-state index is 0.0416. The van der Waals surface area contributed by atoms with Crippen LogP contribution in [-0.2, 0) is 0 Å². The predicted octanol–water partition coefficient (Wildman–Crippen LogP) is 2.65. The molecular formula is C15H13NO4. The lowest BCUT2D eigenvalue weighted by atomic mass is 10.1. The molecule has 0 saturated carbocycles. The second-order valence-electron chi connectivity index (χ2n) is 4.33. The summed E-state index contributed by atoms with van der Waals surface area (Å²) in [4.78, 5) is 23.2. The standard InChI is InChI=1S/C15H13NO4/c1-9-6-7-12(13(17)8-9)16-14(18)10-4-2-3-5-11(10)15(19)20/h2-8,17H,1H3,(H,16,18)(H,19,20). The number of carbonyl (C=O) groups is 2. The fraction of sp³-hybridized carbons (Fsp3) is 0.0667. The fourth-order valence-electron chi connectivity index (χ4n) is 1.80. The Hall–Kier alpha value is -2.82. The van der Waals surface area contributed by atoms with Gasteiger partial charge in [-0.15, -0.1) is 0 Å². The number of phenolic OH excluding ortho intramolecular Hbond substituents is 1. The molecule has 2 rings (SSSR count). The van der Waals surface area contributed by atoms with Crippen molar-refractivity contribution < 1.29 is 19.8 Å². The molecule has 0 saturated heterocycles.